The molecule has 7 heteroatoms. The second-order valence-corrected chi connectivity index (χ2v) is 6.00. The summed E-state index contributed by atoms with van der Waals surface area (Å²) in [5, 5.41) is 13.4. The highest BCUT2D eigenvalue weighted by atomic mass is 32.1. The minimum atomic E-state index is -0.374. The van der Waals surface area contributed by atoms with E-state index in [1.807, 2.05) is 18.2 Å². The highest BCUT2D eigenvalue weighted by Gasteiger charge is 2.38. The van der Waals surface area contributed by atoms with Crippen LogP contribution in [0.25, 0.3) is 10.7 Å². The van der Waals surface area contributed by atoms with Gasteiger partial charge in [0, 0.05) is 37.4 Å². The van der Waals surface area contributed by atoms with Gasteiger partial charge >= 0.3 is 0 Å². The molecule has 2 aromatic heterocycles. The molecule has 0 saturated heterocycles. The van der Waals surface area contributed by atoms with Gasteiger partial charge in [-0.3, -0.25) is 9.78 Å². The van der Waals surface area contributed by atoms with E-state index in [0.29, 0.717) is 25.1 Å². The summed E-state index contributed by atoms with van der Waals surface area (Å²) in [6, 6.07) is 5.60. The molecule has 3 rings (SSSR count). The summed E-state index contributed by atoms with van der Waals surface area (Å²) in [5.41, 5.74) is 0.791. The van der Waals surface area contributed by atoms with Gasteiger partial charge in [-0.15, -0.1) is 23.7 Å². The number of nitrogens with one attached hydrogen (secondary N) is 1. The lowest BCUT2D eigenvalue weighted by Gasteiger charge is -2.08. The van der Waals surface area contributed by atoms with E-state index in [4.69, 9.17) is 6.42 Å². The lowest BCUT2D eigenvalue weighted by molar-refractivity contribution is 0.0947. The Morgan fingerprint density at radius 1 is 1.35 bits per heavy atom. The molecule has 1 amide bonds. The summed E-state index contributed by atoms with van der Waals surface area (Å²) in [6.45, 7) is 0.493. The van der Waals surface area contributed by atoms with Crippen molar-refractivity contribution in [1.29, 1.82) is 0 Å². The van der Waals surface area contributed by atoms with E-state index in [-0.39, 0.29) is 11.6 Å². The molecule has 0 spiro atoms. The number of hydrogen-bond acceptors (Lipinski definition) is 6. The normalized spacial score (nSPS) is 14.2. The SMILES string of the molecule is C#CCCC1(CCNC(=O)c2csc(-c3ccccn3)n2)N=N1. The highest BCUT2D eigenvalue weighted by Crippen LogP contribution is 2.36. The van der Waals surface area contributed by atoms with Crippen LogP contribution < -0.4 is 5.32 Å². The molecule has 1 aliphatic heterocycles. The molecule has 3 heterocycles. The van der Waals surface area contributed by atoms with E-state index >= 15 is 0 Å². The predicted octanol–water partition coefficient (Wildman–Crippen LogP) is 2.90. The number of hydrogen-bond donors (Lipinski definition) is 1. The third kappa shape index (κ3) is 3.79. The van der Waals surface area contributed by atoms with Crippen LogP contribution in [-0.2, 0) is 0 Å². The van der Waals surface area contributed by atoms with Crippen LogP contribution in [0.4, 0.5) is 0 Å². The Labute approximate surface area is 138 Å². The monoisotopic (exact) mass is 325 g/mol. The van der Waals surface area contributed by atoms with Crippen LogP contribution in [0.3, 0.4) is 0 Å². The molecule has 0 aromatic carbocycles. The van der Waals surface area contributed by atoms with Crippen molar-refractivity contribution in [2.75, 3.05) is 6.54 Å². The fourth-order valence-electron chi connectivity index (χ4n) is 2.12. The molecule has 23 heavy (non-hydrogen) atoms. The maximum atomic E-state index is 12.1. The van der Waals surface area contributed by atoms with Gasteiger partial charge in [-0.05, 0) is 12.1 Å². The summed E-state index contributed by atoms with van der Waals surface area (Å²) in [6.07, 6.45) is 8.99. The quantitative estimate of drug-likeness (QED) is 0.795. The van der Waals surface area contributed by atoms with Gasteiger partial charge in [0.25, 0.3) is 5.91 Å². The van der Waals surface area contributed by atoms with E-state index in [1.165, 1.54) is 11.3 Å². The summed E-state index contributed by atoms with van der Waals surface area (Å²) in [5.74, 6) is 2.39. The minimum absolute atomic E-state index is 0.198. The molecule has 116 valence electrons. The molecule has 0 saturated carbocycles. The lowest BCUT2D eigenvalue weighted by atomic mass is 10.0. The molecular formula is C16H15N5OS. The zero-order chi connectivity index (χ0) is 16.1. The zero-order valence-electron chi connectivity index (χ0n) is 12.4. The Bertz CT molecular complexity index is 756. The highest BCUT2D eigenvalue weighted by molar-refractivity contribution is 7.13. The van der Waals surface area contributed by atoms with Crippen LogP contribution in [0.5, 0.6) is 0 Å². The Morgan fingerprint density at radius 2 is 2.22 bits per heavy atom. The number of terminal acetylenes is 1. The third-order valence-electron chi connectivity index (χ3n) is 3.48. The molecule has 0 fully saturated rings. The van der Waals surface area contributed by atoms with E-state index in [1.54, 1.807) is 11.6 Å². The van der Waals surface area contributed by atoms with Crippen LogP contribution in [0, 0.1) is 12.3 Å². The summed E-state index contributed by atoms with van der Waals surface area (Å²) < 4.78 is 0. The largest absolute Gasteiger partial charge is 0.351 e. The first-order chi connectivity index (χ1) is 11.2. The Morgan fingerprint density at radius 3 is 2.91 bits per heavy atom. The number of amides is 1. The van der Waals surface area contributed by atoms with Crippen LogP contribution in [0.2, 0.25) is 0 Å². The van der Waals surface area contributed by atoms with Crippen LogP contribution in [-0.4, -0.2) is 28.1 Å². The average Bonchev–Trinajstić information content (AvgIpc) is 3.17. The molecule has 1 aliphatic rings. The molecule has 6 nitrogen and oxygen atoms in total. The van der Waals surface area contributed by atoms with Crippen molar-refractivity contribution in [2.45, 2.75) is 24.9 Å². The van der Waals surface area contributed by atoms with Gasteiger partial charge in [-0.25, -0.2) is 4.98 Å². The first-order valence-electron chi connectivity index (χ1n) is 7.25. The average molecular weight is 325 g/mol. The summed E-state index contributed by atoms with van der Waals surface area (Å²) >= 11 is 1.40. The van der Waals surface area contributed by atoms with Gasteiger partial charge in [0.15, 0.2) is 5.66 Å². The predicted molar refractivity (Wildman–Crippen MR) is 87.9 cm³/mol. The second kappa shape index (κ2) is 6.67. The van der Waals surface area contributed by atoms with Crippen LogP contribution in [0.1, 0.15) is 29.8 Å². The Kier molecular flexibility index (Phi) is 4.44. The van der Waals surface area contributed by atoms with Gasteiger partial charge in [-0.1, -0.05) is 6.07 Å². The standard InChI is InChI=1S/C16H15N5OS/c1-2-3-7-16(20-21-16)8-10-18-14(22)13-11-23-15(19-13)12-6-4-5-9-17-12/h1,4-6,9,11H,3,7-8,10H2,(H,18,22). The zero-order valence-corrected chi connectivity index (χ0v) is 13.2. The molecule has 2 aromatic rings. The van der Waals surface area contributed by atoms with Crippen molar-refractivity contribution in [3.05, 3.63) is 35.5 Å². The van der Waals surface area contributed by atoms with E-state index in [9.17, 15) is 4.79 Å². The van der Waals surface area contributed by atoms with Gasteiger partial charge < -0.3 is 5.32 Å². The minimum Gasteiger partial charge on any atom is -0.351 e. The fraction of sp³-hybridized carbons (Fsp3) is 0.312. The molecule has 0 aliphatic carbocycles. The topological polar surface area (TPSA) is 79.6 Å². The van der Waals surface area contributed by atoms with Crippen molar-refractivity contribution < 1.29 is 4.79 Å². The Balaban J connectivity index is 1.52. The van der Waals surface area contributed by atoms with Crippen molar-refractivity contribution in [2.24, 2.45) is 10.2 Å². The maximum Gasteiger partial charge on any atom is 0.270 e. The number of thiazole rings is 1. The smallest absolute Gasteiger partial charge is 0.270 e. The van der Waals surface area contributed by atoms with E-state index in [2.05, 4.69) is 31.4 Å². The second-order valence-electron chi connectivity index (χ2n) is 5.15. The number of carbonyl (C=O) groups is 1. The van der Waals surface area contributed by atoms with Gasteiger partial charge in [0.05, 0.1) is 5.69 Å². The number of rotatable bonds is 7. The van der Waals surface area contributed by atoms with Gasteiger partial charge in [0.1, 0.15) is 10.7 Å². The summed E-state index contributed by atoms with van der Waals surface area (Å²) in [4.78, 5) is 20.7. The third-order valence-corrected chi connectivity index (χ3v) is 4.35. The maximum absolute atomic E-state index is 12.1. The van der Waals surface area contributed by atoms with Crippen LogP contribution >= 0.6 is 11.3 Å². The first kappa shape index (κ1) is 15.3. The van der Waals surface area contributed by atoms with E-state index < -0.39 is 0 Å². The number of nitrogens with zero attached hydrogens (tertiary/aromatic N) is 4. The number of pyridine rings is 1. The number of carbonyl (C=O) groups excluding carboxylic acids is 1. The number of aromatic nitrogens is 2. The van der Waals surface area contributed by atoms with Crippen LogP contribution in [0.15, 0.2) is 40.0 Å². The molecule has 0 unspecified atom stereocenters. The molecule has 0 atom stereocenters. The Hall–Kier alpha value is -2.59. The lowest BCUT2D eigenvalue weighted by Crippen LogP contribution is -2.28. The van der Waals surface area contributed by atoms with Crippen molar-refractivity contribution >= 4 is 17.2 Å². The van der Waals surface area contributed by atoms with E-state index in [0.717, 1.165) is 17.1 Å². The first-order valence-corrected chi connectivity index (χ1v) is 8.13. The molecule has 0 bridgehead atoms. The van der Waals surface area contributed by atoms with Gasteiger partial charge in [-0.2, -0.15) is 10.2 Å². The molecule has 0 radical (unpaired) electrons. The fourth-order valence-corrected chi connectivity index (χ4v) is 2.90. The molecular weight excluding hydrogens is 310 g/mol. The molecule has 1 N–H and O–H groups in total. The van der Waals surface area contributed by atoms with Crippen molar-refractivity contribution in [3.8, 4) is 23.0 Å². The van der Waals surface area contributed by atoms with Crippen molar-refractivity contribution in [3.63, 3.8) is 0 Å². The van der Waals surface area contributed by atoms with Gasteiger partial charge in [0.2, 0.25) is 0 Å². The van der Waals surface area contributed by atoms with Crippen molar-refractivity contribution in [1.82, 2.24) is 15.3 Å². The summed E-state index contributed by atoms with van der Waals surface area (Å²) in [7, 11) is 0.